The molecule has 1 aromatic carbocycles. The fourth-order valence-corrected chi connectivity index (χ4v) is 4.78. The number of benzene rings is 1. The number of aromatic nitrogens is 6. The fraction of sp³-hybridized carbons (Fsp3) is 0.333. The Labute approximate surface area is 212 Å². The van der Waals surface area contributed by atoms with Crippen LogP contribution in [0.1, 0.15) is 35.7 Å². The highest BCUT2D eigenvalue weighted by Gasteiger charge is 2.34. The Morgan fingerprint density at radius 1 is 1.11 bits per heavy atom. The third-order valence-electron chi connectivity index (χ3n) is 6.38. The average Bonchev–Trinajstić information content (AvgIpc) is 3.49. The topological polar surface area (TPSA) is 122 Å². The number of anilines is 4. The zero-order chi connectivity index (χ0) is 26.6. The quantitative estimate of drug-likeness (QED) is 0.364. The first-order valence-electron chi connectivity index (χ1n) is 11.6. The molecule has 1 saturated carbocycles. The Morgan fingerprint density at radius 2 is 1.78 bits per heavy atom. The lowest BCUT2D eigenvalue weighted by Crippen LogP contribution is -2.19. The predicted octanol–water partition coefficient (Wildman–Crippen LogP) is 4.29. The molecule has 37 heavy (non-hydrogen) atoms. The molecule has 3 aromatic heterocycles. The molecule has 10 nitrogen and oxygen atoms in total. The third kappa shape index (κ3) is 4.66. The van der Waals surface area contributed by atoms with E-state index in [9.17, 15) is 8.42 Å². The van der Waals surface area contributed by atoms with Crippen LogP contribution in [0, 0.1) is 25.5 Å². The van der Waals surface area contributed by atoms with Crippen LogP contribution in [0.15, 0.2) is 29.4 Å². The van der Waals surface area contributed by atoms with Crippen molar-refractivity contribution in [3.63, 3.8) is 0 Å². The zero-order valence-electron chi connectivity index (χ0n) is 21.0. The number of aryl methyl sites for hydroxylation is 2. The predicted molar refractivity (Wildman–Crippen MR) is 135 cm³/mol. The highest BCUT2D eigenvalue weighted by molar-refractivity contribution is 7.90. The van der Waals surface area contributed by atoms with Gasteiger partial charge in [0.1, 0.15) is 22.9 Å². The Kier molecular flexibility index (Phi) is 5.97. The van der Waals surface area contributed by atoms with Crippen molar-refractivity contribution >= 4 is 33.1 Å². The van der Waals surface area contributed by atoms with Gasteiger partial charge < -0.3 is 14.8 Å². The molecule has 13 heteroatoms. The molecule has 0 unspecified atom stereocenters. The van der Waals surface area contributed by atoms with Crippen LogP contribution in [0.25, 0.3) is 11.4 Å². The molecule has 0 aliphatic heterocycles. The highest BCUT2D eigenvalue weighted by atomic mass is 32.2. The van der Waals surface area contributed by atoms with Crippen LogP contribution in [0.4, 0.5) is 32.1 Å². The molecule has 1 aliphatic carbocycles. The third-order valence-corrected chi connectivity index (χ3v) is 7.47. The number of halogens is 2. The van der Waals surface area contributed by atoms with Crippen molar-refractivity contribution in [3.8, 4) is 11.4 Å². The number of hydrogen-bond acceptors (Lipinski definition) is 8. The van der Waals surface area contributed by atoms with Gasteiger partial charge in [0.15, 0.2) is 27.3 Å². The lowest BCUT2D eigenvalue weighted by molar-refractivity contribution is 0.569. The van der Waals surface area contributed by atoms with E-state index in [0.29, 0.717) is 23.0 Å². The zero-order valence-corrected chi connectivity index (χ0v) is 21.8. The number of nitrogens with zero attached hydrogens (tertiary/aromatic N) is 6. The van der Waals surface area contributed by atoms with E-state index in [1.54, 1.807) is 6.33 Å². The summed E-state index contributed by atoms with van der Waals surface area (Å²) >= 11 is 0. The number of aromatic amines is 1. The van der Waals surface area contributed by atoms with E-state index in [2.05, 4.69) is 25.5 Å². The smallest absolute Gasteiger partial charge is 0.232 e. The van der Waals surface area contributed by atoms with Crippen molar-refractivity contribution in [1.29, 1.82) is 0 Å². The normalized spacial score (nSPS) is 13.7. The summed E-state index contributed by atoms with van der Waals surface area (Å²) in [6.07, 6.45) is 4.46. The Morgan fingerprint density at radius 3 is 2.30 bits per heavy atom. The summed E-state index contributed by atoms with van der Waals surface area (Å²) < 4.78 is 55.8. The Bertz CT molecular complexity index is 1600. The maximum Gasteiger partial charge on any atom is 0.232 e. The number of imidazole rings is 1. The van der Waals surface area contributed by atoms with Crippen LogP contribution in [0.3, 0.4) is 0 Å². The SMILES string of the molecule is Cc1cc(Nc2nc(N(C)c3c(F)cc(S(C)(=O)=O)cc3F)nc(-c3ncn(C)c3C)c2C2CC2)n[nH]1. The summed E-state index contributed by atoms with van der Waals surface area (Å²) in [6, 6.07) is 3.40. The number of H-pyrrole nitrogens is 1. The van der Waals surface area contributed by atoms with Crippen LogP contribution >= 0.6 is 0 Å². The molecule has 0 atom stereocenters. The molecule has 2 N–H and O–H groups in total. The van der Waals surface area contributed by atoms with Gasteiger partial charge >= 0.3 is 0 Å². The maximum atomic E-state index is 15.1. The van der Waals surface area contributed by atoms with Crippen molar-refractivity contribution in [2.45, 2.75) is 37.5 Å². The van der Waals surface area contributed by atoms with Crippen molar-refractivity contribution < 1.29 is 17.2 Å². The lowest BCUT2D eigenvalue weighted by atomic mass is 10.1. The van der Waals surface area contributed by atoms with Gasteiger partial charge in [0.05, 0.1) is 11.2 Å². The van der Waals surface area contributed by atoms with E-state index in [0.717, 1.165) is 53.1 Å². The van der Waals surface area contributed by atoms with Gasteiger partial charge in [0, 0.05) is 43.4 Å². The molecule has 0 spiro atoms. The monoisotopic (exact) mass is 528 g/mol. The van der Waals surface area contributed by atoms with E-state index in [4.69, 9.17) is 4.98 Å². The second kappa shape index (κ2) is 8.91. The first-order valence-corrected chi connectivity index (χ1v) is 13.4. The van der Waals surface area contributed by atoms with E-state index in [-0.39, 0.29) is 11.9 Å². The van der Waals surface area contributed by atoms with Crippen LogP contribution < -0.4 is 10.2 Å². The first-order chi connectivity index (χ1) is 17.4. The van der Waals surface area contributed by atoms with E-state index >= 15 is 8.78 Å². The second-order valence-corrected chi connectivity index (χ2v) is 11.3. The van der Waals surface area contributed by atoms with Gasteiger partial charge in [-0.3, -0.25) is 5.10 Å². The number of rotatable bonds is 7. The van der Waals surface area contributed by atoms with Crippen LogP contribution in [-0.2, 0) is 16.9 Å². The van der Waals surface area contributed by atoms with E-state index in [1.165, 1.54) is 7.05 Å². The van der Waals surface area contributed by atoms with Gasteiger partial charge in [0.25, 0.3) is 0 Å². The van der Waals surface area contributed by atoms with Crippen molar-refractivity contribution in [3.05, 3.63) is 53.1 Å². The summed E-state index contributed by atoms with van der Waals surface area (Å²) in [5, 5.41) is 10.4. The summed E-state index contributed by atoms with van der Waals surface area (Å²) in [5.41, 5.74) is 3.28. The summed E-state index contributed by atoms with van der Waals surface area (Å²) in [6.45, 7) is 3.78. The Hall–Kier alpha value is -3.87. The molecule has 1 fully saturated rings. The molecular weight excluding hydrogens is 502 g/mol. The standard InChI is InChI=1S/C24H26F2N8O2S/c1-12-8-18(32-31-12)28-23-19(14-6-7-14)21(20-13(2)33(3)11-27-20)29-24(30-23)34(4)22-16(25)9-15(10-17(22)26)37(5,35)36/h8-11,14H,6-7H2,1-5H3,(H2,28,29,30,31,32). The second-order valence-electron chi connectivity index (χ2n) is 9.33. The van der Waals surface area contributed by atoms with E-state index in [1.807, 2.05) is 31.5 Å². The molecule has 194 valence electrons. The summed E-state index contributed by atoms with van der Waals surface area (Å²) in [7, 11) is -0.514. The minimum absolute atomic E-state index is 0.00381. The number of hydrogen-bond donors (Lipinski definition) is 2. The largest absolute Gasteiger partial charge is 0.337 e. The fourth-order valence-electron chi connectivity index (χ4n) is 4.15. The number of nitrogens with one attached hydrogen (secondary N) is 2. The Balaban J connectivity index is 1.70. The minimum Gasteiger partial charge on any atom is -0.337 e. The molecule has 0 amide bonds. The van der Waals surface area contributed by atoms with Gasteiger partial charge in [-0.25, -0.2) is 27.2 Å². The highest BCUT2D eigenvalue weighted by Crippen LogP contribution is 2.48. The van der Waals surface area contributed by atoms with Gasteiger partial charge in [0.2, 0.25) is 5.95 Å². The summed E-state index contributed by atoms with van der Waals surface area (Å²) in [5.74, 6) is -0.911. The van der Waals surface area contributed by atoms with Crippen molar-refractivity contribution in [2.75, 3.05) is 23.5 Å². The van der Waals surface area contributed by atoms with Gasteiger partial charge in [-0.1, -0.05) is 0 Å². The van der Waals surface area contributed by atoms with Gasteiger partial charge in [-0.2, -0.15) is 10.1 Å². The average molecular weight is 529 g/mol. The van der Waals surface area contributed by atoms with E-state index < -0.39 is 32.1 Å². The van der Waals surface area contributed by atoms with Crippen molar-refractivity contribution in [2.24, 2.45) is 7.05 Å². The molecule has 5 rings (SSSR count). The molecule has 0 saturated heterocycles. The van der Waals surface area contributed by atoms with Crippen molar-refractivity contribution in [1.82, 2.24) is 29.7 Å². The summed E-state index contributed by atoms with van der Waals surface area (Å²) in [4.78, 5) is 14.6. The number of sulfone groups is 1. The van der Waals surface area contributed by atoms with Crippen LogP contribution in [-0.4, -0.2) is 51.4 Å². The molecular formula is C24H26F2N8O2S. The van der Waals surface area contributed by atoms with Gasteiger partial charge in [-0.05, 0) is 44.7 Å². The first kappa shape index (κ1) is 24.8. The van der Waals surface area contributed by atoms with Crippen LogP contribution in [0.5, 0.6) is 0 Å². The molecule has 3 heterocycles. The molecule has 1 aliphatic rings. The molecule has 0 radical (unpaired) electrons. The van der Waals surface area contributed by atoms with Gasteiger partial charge in [-0.15, -0.1) is 0 Å². The van der Waals surface area contributed by atoms with Crippen LogP contribution in [0.2, 0.25) is 0 Å². The molecule has 4 aromatic rings. The minimum atomic E-state index is -3.81. The maximum absolute atomic E-state index is 15.1. The lowest BCUT2D eigenvalue weighted by Gasteiger charge is -2.22. The molecule has 0 bridgehead atoms.